The molecule has 0 spiro atoms. The van der Waals surface area contributed by atoms with Crippen molar-refractivity contribution in [2.45, 2.75) is 12.3 Å². The zero-order valence-corrected chi connectivity index (χ0v) is 7.61. The highest BCUT2D eigenvalue weighted by Gasteiger charge is 2.41. The topological polar surface area (TPSA) is 15.3 Å². The SMILES string of the molecule is CN(C)CC1CNCCC1(F)F. The largest absolute Gasteiger partial charge is 0.316 e. The number of hydrogen-bond acceptors (Lipinski definition) is 2. The first-order valence-electron chi connectivity index (χ1n) is 4.25. The minimum Gasteiger partial charge on any atom is -0.316 e. The molecule has 0 amide bonds. The average Bonchev–Trinajstić information content (AvgIpc) is 1.92. The van der Waals surface area contributed by atoms with E-state index in [9.17, 15) is 8.78 Å². The maximum absolute atomic E-state index is 13.2. The minimum absolute atomic E-state index is 0.0223. The molecular formula is C8H16F2N2. The van der Waals surface area contributed by atoms with Crippen LogP contribution in [0.25, 0.3) is 0 Å². The third kappa shape index (κ3) is 2.38. The van der Waals surface area contributed by atoms with Crippen molar-refractivity contribution in [3.05, 3.63) is 0 Å². The number of halogens is 2. The van der Waals surface area contributed by atoms with Gasteiger partial charge in [-0.15, -0.1) is 0 Å². The van der Waals surface area contributed by atoms with Gasteiger partial charge in [-0.25, -0.2) is 8.78 Å². The Balaban J connectivity index is 2.48. The van der Waals surface area contributed by atoms with E-state index in [1.165, 1.54) is 0 Å². The summed E-state index contributed by atoms with van der Waals surface area (Å²) < 4.78 is 26.3. The molecule has 0 aliphatic carbocycles. The highest BCUT2D eigenvalue weighted by atomic mass is 19.3. The molecular weight excluding hydrogens is 162 g/mol. The summed E-state index contributed by atoms with van der Waals surface area (Å²) in [6, 6.07) is 0. The summed E-state index contributed by atoms with van der Waals surface area (Å²) in [5.41, 5.74) is 0. The fraction of sp³-hybridized carbons (Fsp3) is 1.00. The smallest absolute Gasteiger partial charge is 0.254 e. The van der Waals surface area contributed by atoms with Crippen molar-refractivity contribution < 1.29 is 8.78 Å². The Morgan fingerprint density at radius 2 is 2.17 bits per heavy atom. The van der Waals surface area contributed by atoms with Crippen molar-refractivity contribution in [3.63, 3.8) is 0 Å². The molecule has 0 aromatic heterocycles. The van der Waals surface area contributed by atoms with E-state index in [2.05, 4.69) is 5.32 Å². The van der Waals surface area contributed by atoms with Gasteiger partial charge in [-0.05, 0) is 14.1 Å². The van der Waals surface area contributed by atoms with Gasteiger partial charge in [0.1, 0.15) is 0 Å². The molecule has 0 radical (unpaired) electrons. The van der Waals surface area contributed by atoms with Gasteiger partial charge in [0.05, 0.1) is 0 Å². The van der Waals surface area contributed by atoms with Gasteiger partial charge in [0.25, 0.3) is 5.92 Å². The lowest BCUT2D eigenvalue weighted by atomic mass is 9.94. The van der Waals surface area contributed by atoms with Crippen LogP contribution in [0.4, 0.5) is 8.78 Å². The lowest BCUT2D eigenvalue weighted by Crippen LogP contribution is -2.48. The number of rotatable bonds is 2. The molecule has 1 N–H and O–H groups in total. The molecule has 12 heavy (non-hydrogen) atoms. The van der Waals surface area contributed by atoms with E-state index < -0.39 is 11.8 Å². The van der Waals surface area contributed by atoms with Crippen molar-refractivity contribution in [2.75, 3.05) is 33.7 Å². The molecule has 1 heterocycles. The predicted molar refractivity (Wildman–Crippen MR) is 44.5 cm³/mol. The third-order valence-electron chi connectivity index (χ3n) is 2.21. The Labute approximate surface area is 71.9 Å². The van der Waals surface area contributed by atoms with Gasteiger partial charge in [0, 0.05) is 32.0 Å². The molecule has 2 nitrogen and oxygen atoms in total. The number of nitrogens with zero attached hydrogens (tertiary/aromatic N) is 1. The van der Waals surface area contributed by atoms with Crippen LogP contribution in [-0.4, -0.2) is 44.6 Å². The van der Waals surface area contributed by atoms with Gasteiger partial charge >= 0.3 is 0 Å². The molecule has 0 bridgehead atoms. The van der Waals surface area contributed by atoms with E-state index in [0.29, 0.717) is 19.6 Å². The van der Waals surface area contributed by atoms with E-state index in [-0.39, 0.29) is 6.42 Å². The van der Waals surface area contributed by atoms with Crippen LogP contribution in [0.15, 0.2) is 0 Å². The zero-order chi connectivity index (χ0) is 9.19. The van der Waals surface area contributed by atoms with Gasteiger partial charge in [-0.1, -0.05) is 0 Å². The molecule has 1 aliphatic rings. The van der Waals surface area contributed by atoms with Crippen LogP contribution in [0, 0.1) is 5.92 Å². The number of alkyl halides is 2. The summed E-state index contributed by atoms with van der Waals surface area (Å²) in [6.45, 7) is 1.34. The summed E-state index contributed by atoms with van der Waals surface area (Å²) in [5.74, 6) is -3.00. The number of hydrogen-bond donors (Lipinski definition) is 1. The van der Waals surface area contributed by atoms with Crippen molar-refractivity contribution in [1.82, 2.24) is 10.2 Å². The lowest BCUT2D eigenvalue weighted by molar-refractivity contribution is -0.0840. The quantitative estimate of drug-likeness (QED) is 0.672. The maximum Gasteiger partial charge on any atom is 0.254 e. The molecule has 0 aromatic rings. The van der Waals surface area contributed by atoms with Gasteiger partial charge < -0.3 is 10.2 Å². The Kier molecular flexibility index (Phi) is 3.01. The standard InChI is InChI=1S/C8H16F2N2/c1-12(2)6-7-5-11-4-3-8(7,9)10/h7,11H,3-6H2,1-2H3. The summed E-state index contributed by atoms with van der Waals surface area (Å²) in [5, 5.41) is 2.99. The van der Waals surface area contributed by atoms with Crippen LogP contribution < -0.4 is 5.32 Å². The molecule has 1 fully saturated rings. The third-order valence-corrected chi connectivity index (χ3v) is 2.21. The molecule has 0 aromatic carbocycles. The van der Waals surface area contributed by atoms with Gasteiger partial charge in [-0.3, -0.25) is 0 Å². The number of piperidine rings is 1. The fourth-order valence-corrected chi connectivity index (χ4v) is 1.52. The van der Waals surface area contributed by atoms with Crippen molar-refractivity contribution in [2.24, 2.45) is 5.92 Å². The van der Waals surface area contributed by atoms with Crippen LogP contribution >= 0.6 is 0 Å². The van der Waals surface area contributed by atoms with Gasteiger partial charge in [0.2, 0.25) is 0 Å². The average molecular weight is 178 g/mol. The summed E-state index contributed by atoms with van der Waals surface area (Å²) in [4.78, 5) is 1.81. The first kappa shape index (κ1) is 9.86. The van der Waals surface area contributed by atoms with E-state index in [1.807, 2.05) is 19.0 Å². The van der Waals surface area contributed by atoms with Crippen LogP contribution in [0.2, 0.25) is 0 Å². The molecule has 72 valence electrons. The Bertz CT molecular complexity index is 148. The van der Waals surface area contributed by atoms with Crippen molar-refractivity contribution in [1.29, 1.82) is 0 Å². The monoisotopic (exact) mass is 178 g/mol. The summed E-state index contributed by atoms with van der Waals surface area (Å²) in [6.07, 6.45) is -0.0223. The van der Waals surface area contributed by atoms with Crippen LogP contribution in [0.1, 0.15) is 6.42 Å². The molecule has 4 heteroatoms. The first-order chi connectivity index (χ1) is 5.52. The summed E-state index contributed by atoms with van der Waals surface area (Å²) in [7, 11) is 3.65. The molecule has 1 atom stereocenters. The Morgan fingerprint density at radius 1 is 1.50 bits per heavy atom. The highest BCUT2D eigenvalue weighted by molar-refractivity contribution is 4.85. The first-order valence-corrected chi connectivity index (χ1v) is 4.25. The van der Waals surface area contributed by atoms with Crippen LogP contribution in [-0.2, 0) is 0 Å². The second kappa shape index (κ2) is 3.66. The second-order valence-electron chi connectivity index (χ2n) is 3.67. The molecule has 1 saturated heterocycles. The highest BCUT2D eigenvalue weighted by Crippen LogP contribution is 2.30. The van der Waals surface area contributed by atoms with Crippen molar-refractivity contribution >= 4 is 0 Å². The lowest BCUT2D eigenvalue weighted by Gasteiger charge is -2.33. The molecule has 1 rings (SSSR count). The minimum atomic E-state index is -2.48. The van der Waals surface area contributed by atoms with Gasteiger partial charge in [-0.2, -0.15) is 0 Å². The van der Waals surface area contributed by atoms with Crippen molar-refractivity contribution in [3.8, 4) is 0 Å². The maximum atomic E-state index is 13.2. The predicted octanol–water partition coefficient (Wildman–Crippen LogP) is 0.793. The molecule has 0 saturated carbocycles. The van der Waals surface area contributed by atoms with E-state index in [4.69, 9.17) is 0 Å². The zero-order valence-electron chi connectivity index (χ0n) is 7.61. The number of nitrogens with one attached hydrogen (secondary N) is 1. The fourth-order valence-electron chi connectivity index (χ4n) is 1.52. The Morgan fingerprint density at radius 3 is 2.67 bits per heavy atom. The summed E-state index contributed by atoms with van der Waals surface area (Å²) >= 11 is 0. The molecule has 1 aliphatic heterocycles. The van der Waals surface area contributed by atoms with E-state index >= 15 is 0 Å². The molecule has 1 unspecified atom stereocenters. The van der Waals surface area contributed by atoms with Crippen LogP contribution in [0.5, 0.6) is 0 Å². The van der Waals surface area contributed by atoms with Gasteiger partial charge in [0.15, 0.2) is 0 Å². The normalized spacial score (nSPS) is 29.2. The van der Waals surface area contributed by atoms with E-state index in [1.54, 1.807) is 0 Å². The van der Waals surface area contributed by atoms with Crippen LogP contribution in [0.3, 0.4) is 0 Å². The Hall–Kier alpha value is -0.220. The second-order valence-corrected chi connectivity index (χ2v) is 3.67. The van der Waals surface area contributed by atoms with E-state index in [0.717, 1.165) is 0 Å².